The summed E-state index contributed by atoms with van der Waals surface area (Å²) in [6.07, 6.45) is 0.243. The van der Waals surface area contributed by atoms with Crippen molar-refractivity contribution in [1.29, 1.82) is 0 Å². The Morgan fingerprint density at radius 2 is 0.551 bits per heavy atom. The number of nitrogens with zero attached hydrogens (tertiary/aromatic N) is 1. The first-order valence-electron chi connectivity index (χ1n) is 31.7. The smallest absolute Gasteiger partial charge is 0.333 e. The number of benzene rings is 18. The van der Waals surface area contributed by atoms with Crippen molar-refractivity contribution >= 4 is 309 Å². The van der Waals surface area contributed by atoms with Gasteiger partial charge in [0.05, 0.1) is 24.0 Å². The zero-order valence-electron chi connectivity index (χ0n) is 46.4. The summed E-state index contributed by atoms with van der Waals surface area (Å²) in [5.74, 6) is -1.71. The van der Waals surface area contributed by atoms with E-state index < -0.39 is 56.8 Å². The Labute approximate surface area is 484 Å². The van der Waals surface area contributed by atoms with Crippen molar-refractivity contribution in [3.05, 3.63) is 53.7 Å². The standard InChI is InChI=1S/C77H23N3O9/c1-74(2,3)89-10(81)6-4-8-87-69(82)77(70(83)88-9-5-7-80-72(85)78-71(84)79-73(80)86)75-65-57-49-39-29-21-13-11-12-15-19-17(13)25-33-27(19)37-31-23(15)24-16(12)20-18-14(11)22(21)30-36-26(18)34-28(20)38-32(24)42-41(31)51-45(37)55-47(33)53(43(49)35(25)29)61(65)63(55)67-59(51)60-52(42)46(38)56-48(34)54-44(36)50(40(30)39)58(57)66(75)62(54)64(56)68(60)76(67,75)77/h4-9H2,1-3H3,(H2,78,79,84,85,86). The highest BCUT2D eigenvalue weighted by molar-refractivity contribution is 6.82. The molecule has 400 valence electrons. The fraction of sp³-hybridized carbons (Fsp3) is 0.169. The quantitative estimate of drug-likeness (QED) is 0.0445. The largest absolute Gasteiger partial charge is 0.465 e. The van der Waals surface area contributed by atoms with Crippen molar-refractivity contribution < 1.29 is 28.6 Å². The van der Waals surface area contributed by atoms with Crippen LogP contribution in [0.5, 0.6) is 0 Å². The van der Waals surface area contributed by atoms with Gasteiger partial charge in [0.2, 0.25) is 0 Å². The van der Waals surface area contributed by atoms with Crippen LogP contribution in [0.1, 0.15) is 62.3 Å². The average Bonchev–Trinajstić information content (AvgIpc) is 1.36. The van der Waals surface area contributed by atoms with E-state index in [2.05, 4.69) is 9.97 Å². The number of carbonyl (C=O) groups excluding carboxylic acids is 3. The van der Waals surface area contributed by atoms with Gasteiger partial charge in [-0.05, 0) is 347 Å². The van der Waals surface area contributed by atoms with Gasteiger partial charge in [-0.3, -0.25) is 24.4 Å². The van der Waals surface area contributed by atoms with Gasteiger partial charge in [-0.2, -0.15) is 0 Å². The van der Waals surface area contributed by atoms with Crippen LogP contribution in [0.4, 0.5) is 0 Å². The number of carbonyl (C=O) groups is 3. The molecule has 12 heteroatoms. The minimum absolute atomic E-state index is 0.0170. The molecule has 1 saturated carbocycles. The Morgan fingerprint density at radius 1 is 0.337 bits per heavy atom. The number of aromatic nitrogens is 3. The predicted octanol–water partition coefficient (Wildman–Crippen LogP) is 15.1. The molecule has 1 heterocycles. The molecule has 0 bridgehead atoms. The third kappa shape index (κ3) is 2.42. The molecule has 2 spiro atoms. The lowest BCUT2D eigenvalue weighted by Crippen LogP contribution is -2.43. The minimum Gasteiger partial charge on any atom is -0.465 e. The van der Waals surface area contributed by atoms with Gasteiger partial charge >= 0.3 is 35.0 Å². The Balaban J connectivity index is 0.864. The van der Waals surface area contributed by atoms with E-state index in [1.165, 1.54) is 291 Å². The molecule has 12 nitrogen and oxygen atoms in total. The molecular weight excluding hydrogens is 1110 g/mol. The Morgan fingerprint density at radius 3 is 0.775 bits per heavy atom. The van der Waals surface area contributed by atoms with Gasteiger partial charge in [0.25, 0.3) is 0 Å². The van der Waals surface area contributed by atoms with Crippen LogP contribution < -0.4 is 17.1 Å². The van der Waals surface area contributed by atoms with E-state index in [4.69, 9.17) is 14.2 Å². The first-order valence-corrected chi connectivity index (χ1v) is 31.7. The van der Waals surface area contributed by atoms with E-state index in [1.54, 1.807) is 0 Å². The van der Waals surface area contributed by atoms with Gasteiger partial charge in [-0.15, -0.1) is 0 Å². The molecule has 0 amide bonds. The van der Waals surface area contributed by atoms with Crippen molar-refractivity contribution in [3.63, 3.8) is 0 Å². The zero-order chi connectivity index (χ0) is 56.3. The third-order valence-corrected chi connectivity index (χ3v) is 27.9. The molecule has 29 aromatic rings. The molecule has 0 saturated heterocycles. The predicted molar refractivity (Wildman–Crippen MR) is 350 cm³/mol. The second-order valence-corrected chi connectivity index (χ2v) is 30.7. The van der Waals surface area contributed by atoms with E-state index in [0.717, 1.165) is 26.8 Å². The zero-order valence-corrected chi connectivity index (χ0v) is 46.4. The van der Waals surface area contributed by atoms with Gasteiger partial charge in [-0.1, -0.05) is 0 Å². The van der Waals surface area contributed by atoms with Crippen molar-refractivity contribution in [2.75, 3.05) is 13.2 Å². The van der Waals surface area contributed by atoms with Gasteiger partial charge in [-0.25, -0.2) is 19.0 Å². The summed E-state index contributed by atoms with van der Waals surface area (Å²) >= 11 is 0. The fourth-order valence-corrected chi connectivity index (χ4v) is 27.3. The number of ether oxygens (including phenoxy) is 3. The molecular formula is C77H23N3O9. The van der Waals surface area contributed by atoms with Crippen molar-refractivity contribution in [3.8, 4) is 0 Å². The number of aromatic amines is 2. The third-order valence-electron chi connectivity index (χ3n) is 27.9. The Bertz CT molecular complexity index is 7860. The topological polar surface area (TPSA) is 167 Å². The lowest BCUT2D eigenvalue weighted by atomic mass is 9.68. The molecule has 5 aliphatic rings. The lowest BCUT2D eigenvalue weighted by Gasteiger charge is -2.32. The molecule has 0 aliphatic heterocycles. The van der Waals surface area contributed by atoms with Crippen LogP contribution in [0.3, 0.4) is 0 Å². The summed E-state index contributed by atoms with van der Waals surface area (Å²) in [5, 5.41) is 74.3. The second kappa shape index (κ2) is 9.35. The highest BCUT2D eigenvalue weighted by Crippen LogP contribution is 2.96. The first kappa shape index (κ1) is 38.4. The van der Waals surface area contributed by atoms with E-state index in [1.807, 2.05) is 20.8 Å². The maximum atomic E-state index is 17.6. The van der Waals surface area contributed by atoms with E-state index in [9.17, 15) is 19.2 Å². The van der Waals surface area contributed by atoms with Crippen LogP contribution in [0, 0.1) is 5.41 Å². The number of nitrogens with one attached hydrogen (secondary N) is 2. The molecule has 89 heavy (non-hydrogen) atoms. The maximum absolute atomic E-state index is 17.6. The summed E-state index contributed by atoms with van der Waals surface area (Å²) in [6, 6.07) is 0. The number of esters is 3. The van der Waals surface area contributed by atoms with Crippen LogP contribution in [0.2, 0.25) is 0 Å². The Hall–Kier alpha value is -10.7. The van der Waals surface area contributed by atoms with Crippen molar-refractivity contribution in [2.45, 2.75) is 63.0 Å². The summed E-state index contributed by atoms with van der Waals surface area (Å²) in [7, 11) is 0. The van der Waals surface area contributed by atoms with Crippen LogP contribution in [-0.4, -0.2) is 51.3 Å². The summed E-state index contributed by atoms with van der Waals surface area (Å²) < 4.78 is 20.6. The molecule has 34 rings (SSSR count). The van der Waals surface area contributed by atoms with Gasteiger partial charge in [0.15, 0.2) is 5.41 Å². The second-order valence-electron chi connectivity index (χ2n) is 30.7. The van der Waals surface area contributed by atoms with Gasteiger partial charge in [0.1, 0.15) is 5.60 Å². The monoisotopic (exact) mass is 1130 g/mol. The molecule has 1 aromatic heterocycles. The summed E-state index contributed by atoms with van der Waals surface area (Å²) in [5.41, 5.74) is -3.67. The highest BCUT2D eigenvalue weighted by Gasteiger charge is 3.01. The number of H-pyrrole nitrogens is 2. The molecule has 0 radical (unpaired) electrons. The molecule has 0 atom stereocenters. The number of rotatable bonds is 10. The molecule has 0 unspecified atom stereocenters. The SMILES string of the molecule is CC(C)(C)OC(=O)CCCOC(=O)C1(C(=O)OCCCn2c(=O)[nH]c(=O)[nH]c2=O)C23c4c5c6c7c8c9c(c%10c%11c2c2c4c4c%12c5c5c6c6c8c8c%13c9c9c%10c%10c%11c%11c2c2c4c4c%12c%12c5c5c6c8c6c8c%13c9c9c%10c%10c%11c2c2c4c4c%12c5c6c5c8c9c%10c2c45)C713. The molecule has 28 aromatic carbocycles. The van der Waals surface area contributed by atoms with Crippen LogP contribution in [0.25, 0.3) is 291 Å². The van der Waals surface area contributed by atoms with E-state index >= 15 is 9.59 Å². The Kier molecular flexibility index (Phi) is 4.04. The molecule has 5 aliphatic carbocycles. The normalized spacial score (nSPS) is 21.7. The maximum Gasteiger partial charge on any atom is 0.333 e. The van der Waals surface area contributed by atoms with Crippen molar-refractivity contribution in [2.24, 2.45) is 5.41 Å². The minimum atomic E-state index is -2.04. The highest BCUT2D eigenvalue weighted by atomic mass is 16.6. The summed E-state index contributed by atoms with van der Waals surface area (Å²) in [6.45, 7) is 5.02. The average molecular weight is 1130 g/mol. The lowest BCUT2D eigenvalue weighted by molar-refractivity contribution is -0.167. The number of hydrogen-bond donors (Lipinski definition) is 2. The van der Waals surface area contributed by atoms with E-state index in [0.29, 0.717) is 0 Å². The van der Waals surface area contributed by atoms with E-state index in [-0.39, 0.29) is 39.0 Å². The van der Waals surface area contributed by atoms with Crippen LogP contribution in [-0.2, 0) is 46.0 Å². The van der Waals surface area contributed by atoms with Gasteiger partial charge < -0.3 is 14.2 Å². The summed E-state index contributed by atoms with van der Waals surface area (Å²) in [4.78, 5) is 91.4. The van der Waals surface area contributed by atoms with Gasteiger partial charge in [0, 0.05) is 13.0 Å². The first-order chi connectivity index (χ1) is 43.5. The fourth-order valence-electron chi connectivity index (χ4n) is 27.3. The van der Waals surface area contributed by atoms with Crippen molar-refractivity contribution in [1.82, 2.24) is 14.5 Å². The molecule has 2 N–H and O–H groups in total. The molecule has 1 fully saturated rings. The number of hydrogen-bond acceptors (Lipinski definition) is 9. The van der Waals surface area contributed by atoms with Crippen LogP contribution in [0.15, 0.2) is 14.4 Å². The van der Waals surface area contributed by atoms with Crippen LogP contribution >= 0.6 is 0 Å².